The van der Waals surface area contributed by atoms with Crippen molar-refractivity contribution >= 4 is 13.3 Å². The molecule has 0 spiro atoms. The molecule has 0 aliphatic rings. The second-order valence-electron chi connectivity index (χ2n) is 5.12. The van der Waals surface area contributed by atoms with E-state index in [-0.39, 0.29) is 0 Å². The van der Waals surface area contributed by atoms with Crippen molar-refractivity contribution in [2.24, 2.45) is 5.92 Å². The van der Waals surface area contributed by atoms with Crippen LogP contribution >= 0.6 is 0 Å². The summed E-state index contributed by atoms with van der Waals surface area (Å²) in [7, 11) is -1.33. The first-order valence-electron chi connectivity index (χ1n) is 5.75. The third-order valence-corrected chi connectivity index (χ3v) is 5.55. The molecular formula is C14H22Si. The number of benzene rings is 1. The lowest BCUT2D eigenvalue weighted by Gasteiger charge is -2.18. The van der Waals surface area contributed by atoms with Crippen LogP contribution in [-0.2, 0) is 0 Å². The maximum absolute atomic E-state index is 2.46. The average Bonchev–Trinajstić information content (AvgIpc) is 2.18. The Bertz CT molecular complexity index is 309. The minimum Gasteiger partial charge on any atom is -0.0943 e. The molecule has 0 aliphatic heterocycles. The lowest BCUT2D eigenvalue weighted by molar-refractivity contribution is 0.664. The van der Waals surface area contributed by atoms with Crippen LogP contribution in [0.15, 0.2) is 42.1 Å². The molecule has 1 aromatic carbocycles. The Labute approximate surface area is 95.0 Å². The quantitative estimate of drug-likeness (QED) is 0.675. The van der Waals surface area contributed by atoms with Gasteiger partial charge in [-0.15, -0.1) is 0 Å². The molecule has 0 N–H and O–H groups in total. The first-order chi connectivity index (χ1) is 7.02. The van der Waals surface area contributed by atoms with E-state index < -0.39 is 8.07 Å². The van der Waals surface area contributed by atoms with Gasteiger partial charge in [-0.25, -0.2) is 0 Å². The Balaban J connectivity index is 2.71. The molecule has 0 amide bonds. The van der Waals surface area contributed by atoms with E-state index in [1.807, 2.05) is 0 Å². The molecular weight excluding hydrogens is 196 g/mol. The molecule has 0 aliphatic carbocycles. The van der Waals surface area contributed by atoms with Crippen LogP contribution in [0.5, 0.6) is 0 Å². The summed E-state index contributed by atoms with van der Waals surface area (Å²) in [6.07, 6.45) is 3.56. The van der Waals surface area contributed by atoms with Crippen LogP contribution in [0.4, 0.5) is 0 Å². The summed E-state index contributed by atoms with van der Waals surface area (Å²) in [5, 5.41) is 1.52. The fourth-order valence-corrected chi connectivity index (χ4v) is 3.57. The monoisotopic (exact) mass is 218 g/mol. The van der Waals surface area contributed by atoms with Gasteiger partial charge in [0.2, 0.25) is 0 Å². The van der Waals surface area contributed by atoms with Gasteiger partial charge in [0.15, 0.2) is 0 Å². The molecule has 1 aromatic rings. The zero-order valence-electron chi connectivity index (χ0n) is 10.3. The van der Waals surface area contributed by atoms with Gasteiger partial charge in [-0.3, -0.25) is 0 Å². The Kier molecular flexibility index (Phi) is 4.34. The van der Waals surface area contributed by atoms with E-state index in [1.165, 1.54) is 11.6 Å². The third kappa shape index (κ3) is 4.04. The fraction of sp³-hybridized carbons (Fsp3) is 0.429. The summed E-state index contributed by atoms with van der Waals surface area (Å²) in [6, 6.07) is 10.9. The predicted octanol–water partition coefficient (Wildman–Crippen LogP) is 3.74. The highest BCUT2D eigenvalue weighted by molar-refractivity contribution is 6.93. The second-order valence-corrected chi connectivity index (χ2v) is 9.47. The van der Waals surface area contributed by atoms with Crippen molar-refractivity contribution in [3.8, 4) is 0 Å². The highest BCUT2D eigenvalue weighted by atomic mass is 28.3. The second kappa shape index (κ2) is 5.31. The van der Waals surface area contributed by atoms with Crippen LogP contribution < -0.4 is 5.19 Å². The molecule has 1 rings (SSSR count). The van der Waals surface area contributed by atoms with Crippen molar-refractivity contribution < 1.29 is 0 Å². The van der Waals surface area contributed by atoms with E-state index in [9.17, 15) is 0 Å². The number of hydrogen-bond donors (Lipinski definition) is 0. The van der Waals surface area contributed by atoms with Gasteiger partial charge in [0, 0.05) is 0 Å². The van der Waals surface area contributed by atoms with E-state index in [4.69, 9.17) is 0 Å². The van der Waals surface area contributed by atoms with E-state index in [2.05, 4.69) is 69.0 Å². The molecule has 0 saturated heterocycles. The molecule has 0 fully saturated rings. The summed E-state index contributed by atoms with van der Waals surface area (Å²) in [4.78, 5) is 0. The average molecular weight is 218 g/mol. The molecule has 0 unspecified atom stereocenters. The van der Waals surface area contributed by atoms with Crippen molar-refractivity contribution in [2.75, 3.05) is 0 Å². The molecule has 0 atom stereocenters. The van der Waals surface area contributed by atoms with Gasteiger partial charge in [0.05, 0.1) is 0 Å². The largest absolute Gasteiger partial charge is 0.103 e. The van der Waals surface area contributed by atoms with E-state index in [0.717, 1.165) is 5.92 Å². The topological polar surface area (TPSA) is 0 Å². The zero-order chi connectivity index (χ0) is 11.3. The minimum atomic E-state index is -1.33. The standard InChI is InChI=1S/C14H22Si/c1-13(2)9-8-12-15(3,4)14-10-6-5-7-11-14/h5-8,10-13H,9H2,1-4H3/b12-8+. The van der Waals surface area contributed by atoms with Crippen molar-refractivity contribution in [3.63, 3.8) is 0 Å². The van der Waals surface area contributed by atoms with Crippen molar-refractivity contribution in [3.05, 3.63) is 42.1 Å². The van der Waals surface area contributed by atoms with Gasteiger partial charge in [-0.2, -0.15) is 0 Å². The lowest BCUT2D eigenvalue weighted by atomic mass is 10.1. The van der Waals surface area contributed by atoms with Gasteiger partial charge in [0.1, 0.15) is 8.07 Å². The molecule has 1 heteroatoms. The SMILES string of the molecule is CC(C)C/C=C/[Si](C)(C)c1ccccc1. The Morgan fingerprint density at radius 2 is 1.73 bits per heavy atom. The molecule has 82 valence electrons. The number of allylic oxidation sites excluding steroid dienone is 1. The number of hydrogen-bond acceptors (Lipinski definition) is 0. The summed E-state index contributed by atoms with van der Waals surface area (Å²) >= 11 is 0. The van der Waals surface area contributed by atoms with Crippen molar-refractivity contribution in [2.45, 2.75) is 33.4 Å². The van der Waals surface area contributed by atoms with Gasteiger partial charge in [-0.05, 0) is 12.3 Å². The summed E-state index contributed by atoms with van der Waals surface area (Å²) < 4.78 is 0. The predicted molar refractivity (Wildman–Crippen MR) is 72.2 cm³/mol. The minimum absolute atomic E-state index is 0.766. The molecule has 15 heavy (non-hydrogen) atoms. The van der Waals surface area contributed by atoms with Crippen LogP contribution in [0.25, 0.3) is 0 Å². The van der Waals surface area contributed by atoms with Crippen molar-refractivity contribution in [1.82, 2.24) is 0 Å². The molecule has 0 heterocycles. The molecule has 0 nitrogen and oxygen atoms in total. The van der Waals surface area contributed by atoms with Gasteiger partial charge in [0.25, 0.3) is 0 Å². The van der Waals surface area contributed by atoms with Crippen LogP contribution in [0, 0.1) is 5.92 Å². The maximum Gasteiger partial charge on any atom is 0.103 e. The molecule has 0 bridgehead atoms. The van der Waals surface area contributed by atoms with Crippen LogP contribution in [-0.4, -0.2) is 8.07 Å². The molecule has 0 saturated carbocycles. The zero-order valence-corrected chi connectivity index (χ0v) is 11.3. The summed E-state index contributed by atoms with van der Waals surface area (Å²) in [5.41, 5.74) is 2.46. The van der Waals surface area contributed by atoms with Gasteiger partial charge >= 0.3 is 0 Å². The van der Waals surface area contributed by atoms with Crippen LogP contribution in [0.3, 0.4) is 0 Å². The van der Waals surface area contributed by atoms with Gasteiger partial charge < -0.3 is 0 Å². The van der Waals surface area contributed by atoms with Crippen molar-refractivity contribution in [1.29, 1.82) is 0 Å². The number of rotatable bonds is 4. The smallest absolute Gasteiger partial charge is 0.0943 e. The maximum atomic E-state index is 2.46. The first kappa shape index (κ1) is 12.2. The highest BCUT2D eigenvalue weighted by Gasteiger charge is 2.18. The van der Waals surface area contributed by atoms with E-state index >= 15 is 0 Å². The van der Waals surface area contributed by atoms with Crippen LogP contribution in [0.2, 0.25) is 13.1 Å². The molecule has 0 radical (unpaired) electrons. The Morgan fingerprint density at radius 3 is 2.27 bits per heavy atom. The normalized spacial score (nSPS) is 12.6. The summed E-state index contributed by atoms with van der Waals surface area (Å²) in [5.74, 6) is 0.766. The molecule has 0 aromatic heterocycles. The third-order valence-electron chi connectivity index (χ3n) is 2.66. The Morgan fingerprint density at radius 1 is 1.13 bits per heavy atom. The highest BCUT2D eigenvalue weighted by Crippen LogP contribution is 2.08. The van der Waals surface area contributed by atoms with Crippen LogP contribution in [0.1, 0.15) is 20.3 Å². The lowest BCUT2D eigenvalue weighted by Crippen LogP contribution is -2.39. The van der Waals surface area contributed by atoms with Gasteiger partial charge in [-0.1, -0.05) is 74.2 Å². The van der Waals surface area contributed by atoms with E-state index in [1.54, 1.807) is 0 Å². The fourth-order valence-electron chi connectivity index (χ4n) is 1.60. The van der Waals surface area contributed by atoms with E-state index in [0.29, 0.717) is 0 Å². The first-order valence-corrected chi connectivity index (χ1v) is 8.83. The Hall–Kier alpha value is -0.823. The summed E-state index contributed by atoms with van der Waals surface area (Å²) in [6.45, 7) is 9.33.